The van der Waals surface area contributed by atoms with Crippen molar-refractivity contribution in [3.63, 3.8) is 0 Å². The lowest BCUT2D eigenvalue weighted by molar-refractivity contribution is 0.309. The van der Waals surface area contributed by atoms with Crippen LogP contribution in [0.1, 0.15) is 25.5 Å². The van der Waals surface area contributed by atoms with Crippen LogP contribution in [0, 0.1) is 12.8 Å². The molecule has 0 saturated heterocycles. The molecular formula is C11H16N2. The molecule has 1 N–H and O–H groups in total. The van der Waals surface area contributed by atoms with Crippen molar-refractivity contribution in [3.8, 4) is 0 Å². The highest BCUT2D eigenvalue weighted by atomic mass is 14.9. The van der Waals surface area contributed by atoms with Crippen molar-refractivity contribution in [3.05, 3.63) is 24.0 Å². The molecule has 0 atom stereocenters. The van der Waals surface area contributed by atoms with Crippen LogP contribution >= 0.6 is 0 Å². The second-order valence-corrected chi connectivity index (χ2v) is 4.11. The van der Waals surface area contributed by atoms with E-state index in [1.54, 1.807) is 0 Å². The lowest BCUT2D eigenvalue weighted by Crippen LogP contribution is -2.33. The third-order valence-electron chi connectivity index (χ3n) is 2.66. The summed E-state index contributed by atoms with van der Waals surface area (Å²) in [7, 11) is 0. The van der Waals surface area contributed by atoms with Gasteiger partial charge in [-0.25, -0.2) is 0 Å². The minimum atomic E-state index is 0.680. The summed E-state index contributed by atoms with van der Waals surface area (Å²) in [6, 6.07) is 4.83. The first-order chi connectivity index (χ1) is 6.24. The van der Waals surface area contributed by atoms with E-state index >= 15 is 0 Å². The maximum atomic E-state index is 4.25. The highest BCUT2D eigenvalue weighted by molar-refractivity contribution is 5.42. The van der Waals surface area contributed by atoms with Crippen LogP contribution in [0.5, 0.6) is 0 Å². The van der Waals surface area contributed by atoms with E-state index in [2.05, 4.69) is 23.3 Å². The van der Waals surface area contributed by atoms with Crippen molar-refractivity contribution in [1.82, 2.24) is 4.98 Å². The number of nitrogens with one attached hydrogen (secondary N) is 1. The highest BCUT2D eigenvalue weighted by Gasteiger charge is 2.24. The van der Waals surface area contributed by atoms with E-state index in [1.165, 1.54) is 12.8 Å². The monoisotopic (exact) mass is 176 g/mol. The van der Waals surface area contributed by atoms with Crippen LogP contribution in [0.2, 0.25) is 0 Å². The minimum absolute atomic E-state index is 0.680. The number of rotatable bonds is 2. The van der Waals surface area contributed by atoms with Gasteiger partial charge in [0.25, 0.3) is 0 Å². The van der Waals surface area contributed by atoms with Crippen molar-refractivity contribution in [2.24, 2.45) is 5.92 Å². The molecular weight excluding hydrogens is 160 g/mol. The molecule has 0 bridgehead atoms. The molecule has 0 unspecified atom stereocenters. The van der Waals surface area contributed by atoms with E-state index < -0.39 is 0 Å². The second kappa shape index (κ2) is 3.36. The summed E-state index contributed by atoms with van der Waals surface area (Å²) >= 11 is 0. The third-order valence-corrected chi connectivity index (χ3v) is 2.66. The number of pyridine rings is 1. The predicted molar refractivity (Wildman–Crippen MR) is 54.8 cm³/mol. The van der Waals surface area contributed by atoms with Gasteiger partial charge in [-0.05, 0) is 37.8 Å². The first kappa shape index (κ1) is 8.54. The Morgan fingerprint density at radius 3 is 2.69 bits per heavy atom. The molecule has 2 nitrogen and oxygen atoms in total. The molecule has 2 heteroatoms. The quantitative estimate of drug-likeness (QED) is 0.749. The summed E-state index contributed by atoms with van der Waals surface area (Å²) in [5.41, 5.74) is 2.23. The van der Waals surface area contributed by atoms with Crippen LogP contribution in [0.4, 0.5) is 5.69 Å². The van der Waals surface area contributed by atoms with Gasteiger partial charge in [-0.1, -0.05) is 6.92 Å². The highest BCUT2D eigenvalue weighted by Crippen LogP contribution is 2.29. The van der Waals surface area contributed by atoms with Gasteiger partial charge in [-0.3, -0.25) is 4.98 Å². The Morgan fingerprint density at radius 1 is 1.38 bits per heavy atom. The Morgan fingerprint density at radius 2 is 2.15 bits per heavy atom. The molecule has 1 aliphatic carbocycles. The largest absolute Gasteiger partial charge is 0.381 e. The van der Waals surface area contributed by atoms with Gasteiger partial charge in [0.05, 0.1) is 11.9 Å². The van der Waals surface area contributed by atoms with E-state index in [9.17, 15) is 0 Å². The maximum absolute atomic E-state index is 4.25. The molecule has 1 aromatic rings. The van der Waals surface area contributed by atoms with Crippen LogP contribution in [-0.2, 0) is 0 Å². The van der Waals surface area contributed by atoms with Crippen molar-refractivity contribution in [2.75, 3.05) is 5.32 Å². The summed E-state index contributed by atoms with van der Waals surface area (Å²) in [6.07, 6.45) is 4.51. The van der Waals surface area contributed by atoms with E-state index in [0.717, 1.165) is 17.3 Å². The second-order valence-electron chi connectivity index (χ2n) is 4.11. The average molecular weight is 176 g/mol. The van der Waals surface area contributed by atoms with Gasteiger partial charge < -0.3 is 5.32 Å². The van der Waals surface area contributed by atoms with Crippen LogP contribution in [-0.4, -0.2) is 11.0 Å². The SMILES string of the molecule is Cc1ccc(NC2CC(C)C2)cn1. The summed E-state index contributed by atoms with van der Waals surface area (Å²) in [5.74, 6) is 0.899. The molecule has 0 aromatic carbocycles. The number of nitrogens with zero attached hydrogens (tertiary/aromatic N) is 1. The molecule has 1 saturated carbocycles. The molecule has 2 rings (SSSR count). The van der Waals surface area contributed by atoms with Gasteiger partial charge in [0, 0.05) is 11.7 Å². The number of hydrogen-bond acceptors (Lipinski definition) is 2. The van der Waals surface area contributed by atoms with Gasteiger partial charge in [0.1, 0.15) is 0 Å². The van der Waals surface area contributed by atoms with Crippen molar-refractivity contribution >= 4 is 5.69 Å². The first-order valence-corrected chi connectivity index (χ1v) is 4.93. The summed E-state index contributed by atoms with van der Waals surface area (Å²) in [4.78, 5) is 4.25. The fraction of sp³-hybridized carbons (Fsp3) is 0.545. The Kier molecular flexibility index (Phi) is 2.21. The van der Waals surface area contributed by atoms with Gasteiger partial charge in [0.2, 0.25) is 0 Å². The third kappa shape index (κ3) is 2.00. The predicted octanol–water partition coefficient (Wildman–Crippen LogP) is 2.60. The summed E-state index contributed by atoms with van der Waals surface area (Å²) in [6.45, 7) is 4.31. The number of anilines is 1. The average Bonchev–Trinajstić information content (AvgIpc) is 2.06. The molecule has 70 valence electrons. The molecule has 0 aliphatic heterocycles. The zero-order valence-electron chi connectivity index (χ0n) is 8.25. The van der Waals surface area contributed by atoms with Gasteiger partial charge in [0.15, 0.2) is 0 Å². The molecule has 0 radical (unpaired) electrons. The van der Waals surface area contributed by atoms with Crippen LogP contribution in [0.25, 0.3) is 0 Å². The van der Waals surface area contributed by atoms with E-state index in [-0.39, 0.29) is 0 Å². The fourth-order valence-corrected chi connectivity index (χ4v) is 1.81. The molecule has 1 heterocycles. The molecule has 0 spiro atoms. The molecule has 1 fully saturated rings. The van der Waals surface area contributed by atoms with E-state index in [0.29, 0.717) is 6.04 Å². The van der Waals surface area contributed by atoms with Crippen molar-refractivity contribution in [1.29, 1.82) is 0 Å². The minimum Gasteiger partial charge on any atom is -0.381 e. The molecule has 13 heavy (non-hydrogen) atoms. The number of aromatic nitrogens is 1. The van der Waals surface area contributed by atoms with Gasteiger partial charge >= 0.3 is 0 Å². The van der Waals surface area contributed by atoms with Gasteiger partial charge in [-0.15, -0.1) is 0 Å². The lowest BCUT2D eigenvalue weighted by atomic mass is 9.82. The van der Waals surface area contributed by atoms with Crippen molar-refractivity contribution in [2.45, 2.75) is 32.7 Å². The standard InChI is InChI=1S/C11H16N2/c1-8-5-11(6-8)13-10-4-3-9(2)12-7-10/h3-4,7-8,11,13H,5-6H2,1-2H3. The smallest absolute Gasteiger partial charge is 0.0529 e. The summed E-state index contributed by atoms with van der Waals surface area (Å²) < 4.78 is 0. The Hall–Kier alpha value is -1.05. The maximum Gasteiger partial charge on any atom is 0.0529 e. The topological polar surface area (TPSA) is 24.9 Å². The fourth-order valence-electron chi connectivity index (χ4n) is 1.81. The van der Waals surface area contributed by atoms with Crippen molar-refractivity contribution < 1.29 is 0 Å². The lowest BCUT2D eigenvalue weighted by Gasteiger charge is -2.33. The van der Waals surface area contributed by atoms with Crippen LogP contribution in [0.3, 0.4) is 0 Å². The van der Waals surface area contributed by atoms with Crippen LogP contribution < -0.4 is 5.32 Å². The van der Waals surface area contributed by atoms with E-state index in [4.69, 9.17) is 0 Å². The molecule has 1 aromatic heterocycles. The Labute approximate surface area is 79.4 Å². The van der Waals surface area contributed by atoms with Crippen LogP contribution in [0.15, 0.2) is 18.3 Å². The molecule has 1 aliphatic rings. The Balaban J connectivity index is 1.91. The zero-order chi connectivity index (χ0) is 9.26. The number of aryl methyl sites for hydroxylation is 1. The Bertz CT molecular complexity index is 273. The van der Waals surface area contributed by atoms with Gasteiger partial charge in [-0.2, -0.15) is 0 Å². The zero-order valence-corrected chi connectivity index (χ0v) is 8.25. The number of hydrogen-bond donors (Lipinski definition) is 1. The first-order valence-electron chi connectivity index (χ1n) is 4.93. The normalized spacial score (nSPS) is 26.6. The summed E-state index contributed by atoms with van der Waals surface area (Å²) in [5, 5.41) is 3.47. The molecule has 0 amide bonds. The van der Waals surface area contributed by atoms with E-state index in [1.807, 2.05) is 19.2 Å².